The SMILES string of the molecule is C[C@@H]1CN(c2ccc(C#N)c3ncccc23)C[C@@H]2CN(CCc3cccc(N4CCN[C@@H](C)C4)n3)CCN21. The minimum Gasteiger partial charge on any atom is -0.368 e. The summed E-state index contributed by atoms with van der Waals surface area (Å²) in [6, 6.07) is 18.4. The lowest BCUT2D eigenvalue weighted by molar-refractivity contribution is 0.0355. The lowest BCUT2D eigenvalue weighted by Crippen LogP contribution is -2.65. The van der Waals surface area contributed by atoms with Crippen LogP contribution in [0.15, 0.2) is 48.7 Å². The maximum absolute atomic E-state index is 9.56. The number of nitrogens with zero attached hydrogens (tertiary/aromatic N) is 7. The molecule has 1 aromatic carbocycles. The number of pyridine rings is 2. The monoisotopic (exact) mass is 510 g/mol. The molecule has 8 nitrogen and oxygen atoms in total. The third kappa shape index (κ3) is 5.06. The summed E-state index contributed by atoms with van der Waals surface area (Å²) in [7, 11) is 0. The highest BCUT2D eigenvalue weighted by Crippen LogP contribution is 2.32. The first-order chi connectivity index (χ1) is 18.6. The van der Waals surface area contributed by atoms with Crippen molar-refractivity contribution in [1.29, 1.82) is 5.26 Å². The van der Waals surface area contributed by atoms with E-state index in [1.807, 2.05) is 12.1 Å². The summed E-state index contributed by atoms with van der Waals surface area (Å²) in [4.78, 5) is 19.8. The van der Waals surface area contributed by atoms with Crippen LogP contribution in [0, 0.1) is 11.3 Å². The van der Waals surface area contributed by atoms with Crippen molar-refractivity contribution in [2.45, 2.75) is 38.4 Å². The Morgan fingerprint density at radius 2 is 1.89 bits per heavy atom. The first-order valence-electron chi connectivity index (χ1n) is 14.0. The number of anilines is 2. The summed E-state index contributed by atoms with van der Waals surface area (Å²) in [5, 5.41) is 14.2. The number of piperazine rings is 3. The summed E-state index contributed by atoms with van der Waals surface area (Å²) in [6.07, 6.45) is 2.76. The normalized spacial score (nSPS) is 24.8. The largest absolute Gasteiger partial charge is 0.368 e. The van der Waals surface area contributed by atoms with Gasteiger partial charge in [0.05, 0.1) is 11.1 Å². The van der Waals surface area contributed by atoms with Crippen molar-refractivity contribution in [3.05, 3.63) is 59.9 Å². The highest BCUT2D eigenvalue weighted by molar-refractivity contribution is 5.95. The Kier molecular flexibility index (Phi) is 7.16. The van der Waals surface area contributed by atoms with Crippen molar-refractivity contribution in [1.82, 2.24) is 25.1 Å². The van der Waals surface area contributed by atoms with Crippen molar-refractivity contribution in [3.8, 4) is 6.07 Å². The van der Waals surface area contributed by atoms with Crippen LogP contribution in [0.4, 0.5) is 11.5 Å². The van der Waals surface area contributed by atoms with Crippen LogP contribution in [0.1, 0.15) is 25.1 Å². The molecular weight excluding hydrogens is 472 g/mol. The molecule has 3 fully saturated rings. The van der Waals surface area contributed by atoms with Gasteiger partial charge in [-0.3, -0.25) is 9.88 Å². The van der Waals surface area contributed by atoms with Crippen LogP contribution >= 0.6 is 0 Å². The molecule has 6 rings (SSSR count). The zero-order valence-corrected chi connectivity index (χ0v) is 22.6. The van der Waals surface area contributed by atoms with E-state index in [9.17, 15) is 5.26 Å². The molecule has 0 spiro atoms. The van der Waals surface area contributed by atoms with Crippen molar-refractivity contribution >= 4 is 22.4 Å². The van der Waals surface area contributed by atoms with Crippen molar-refractivity contribution in [2.24, 2.45) is 0 Å². The number of benzene rings is 1. The maximum atomic E-state index is 9.56. The molecule has 3 saturated heterocycles. The summed E-state index contributed by atoms with van der Waals surface area (Å²) >= 11 is 0. The standard InChI is InChI=1S/C30H38N8/c1-22-18-36(14-12-32-22)29-7-3-5-25(34-29)10-13-35-15-16-38-23(2)19-37(21-26(38)20-35)28-9-8-24(17-31)30-27(28)6-4-11-33-30/h3-9,11,22-23,26,32H,10,12-16,18-21H2,1-2H3/t22-,23+,26-/m0/s1. The van der Waals surface area contributed by atoms with Crippen molar-refractivity contribution < 1.29 is 0 Å². The fourth-order valence-electron chi connectivity index (χ4n) is 6.55. The van der Waals surface area contributed by atoms with Gasteiger partial charge in [-0.15, -0.1) is 0 Å². The van der Waals surface area contributed by atoms with E-state index in [0.717, 1.165) is 82.0 Å². The number of hydrogen-bond donors (Lipinski definition) is 1. The second-order valence-electron chi connectivity index (χ2n) is 11.1. The molecular formula is C30H38N8. The zero-order chi connectivity index (χ0) is 26.1. The molecule has 0 bridgehead atoms. The number of rotatable bonds is 5. The van der Waals surface area contributed by atoms with E-state index in [0.29, 0.717) is 23.7 Å². The van der Waals surface area contributed by atoms with Crippen LogP contribution in [-0.2, 0) is 6.42 Å². The van der Waals surface area contributed by atoms with Crippen LogP contribution in [0.25, 0.3) is 10.9 Å². The van der Waals surface area contributed by atoms with Crippen LogP contribution in [-0.4, -0.2) is 96.8 Å². The Bertz CT molecular complexity index is 1320. The number of fused-ring (bicyclic) bond motifs is 2. The number of aromatic nitrogens is 2. The summed E-state index contributed by atoms with van der Waals surface area (Å²) in [6.45, 7) is 14.0. The highest BCUT2D eigenvalue weighted by atomic mass is 15.4. The van der Waals surface area contributed by atoms with Gasteiger partial charge in [0.25, 0.3) is 0 Å². The van der Waals surface area contributed by atoms with E-state index in [1.54, 1.807) is 6.20 Å². The van der Waals surface area contributed by atoms with Gasteiger partial charge in [0.1, 0.15) is 11.9 Å². The molecule has 0 saturated carbocycles. The van der Waals surface area contributed by atoms with Gasteiger partial charge in [0.2, 0.25) is 0 Å². The lowest BCUT2D eigenvalue weighted by atomic mass is 10.0. The molecule has 0 unspecified atom stereocenters. The summed E-state index contributed by atoms with van der Waals surface area (Å²) in [5.74, 6) is 1.11. The molecule has 198 valence electrons. The average Bonchev–Trinajstić information content (AvgIpc) is 2.95. The van der Waals surface area contributed by atoms with E-state index in [2.05, 4.69) is 80.1 Å². The minimum atomic E-state index is 0.483. The lowest BCUT2D eigenvalue weighted by Gasteiger charge is -2.51. The van der Waals surface area contributed by atoms with Gasteiger partial charge in [-0.05, 0) is 50.2 Å². The van der Waals surface area contributed by atoms with E-state index < -0.39 is 0 Å². The molecule has 38 heavy (non-hydrogen) atoms. The van der Waals surface area contributed by atoms with Gasteiger partial charge in [0.15, 0.2) is 0 Å². The van der Waals surface area contributed by atoms with Crippen LogP contribution in [0.3, 0.4) is 0 Å². The first kappa shape index (κ1) is 25.1. The molecule has 1 N–H and O–H groups in total. The molecule has 0 aliphatic carbocycles. The van der Waals surface area contributed by atoms with Gasteiger partial charge in [-0.1, -0.05) is 6.07 Å². The highest BCUT2D eigenvalue weighted by Gasteiger charge is 2.36. The molecule has 3 aromatic rings. The fourth-order valence-corrected chi connectivity index (χ4v) is 6.55. The van der Waals surface area contributed by atoms with Gasteiger partial charge in [0, 0.05) is 106 Å². The summed E-state index contributed by atoms with van der Waals surface area (Å²) < 4.78 is 0. The zero-order valence-electron chi connectivity index (χ0n) is 22.6. The molecule has 0 amide bonds. The third-order valence-corrected chi connectivity index (χ3v) is 8.47. The fraction of sp³-hybridized carbons (Fsp3) is 0.500. The third-order valence-electron chi connectivity index (χ3n) is 8.47. The van der Waals surface area contributed by atoms with Crippen molar-refractivity contribution in [2.75, 3.05) is 68.7 Å². The van der Waals surface area contributed by atoms with Crippen molar-refractivity contribution in [3.63, 3.8) is 0 Å². The Labute approximate surface area is 225 Å². The molecule has 3 atom stereocenters. The van der Waals surface area contributed by atoms with Gasteiger partial charge < -0.3 is 20.0 Å². The van der Waals surface area contributed by atoms with Gasteiger partial charge >= 0.3 is 0 Å². The molecule has 8 heteroatoms. The Morgan fingerprint density at radius 1 is 0.974 bits per heavy atom. The van der Waals surface area contributed by atoms with Gasteiger partial charge in [-0.25, -0.2) is 4.98 Å². The summed E-state index contributed by atoms with van der Waals surface area (Å²) in [5.41, 5.74) is 3.83. The predicted octanol–water partition coefficient (Wildman–Crippen LogP) is 2.74. The topological polar surface area (TPSA) is 74.6 Å². The molecule has 0 radical (unpaired) electrons. The van der Waals surface area contributed by atoms with E-state index >= 15 is 0 Å². The smallest absolute Gasteiger partial charge is 0.128 e. The van der Waals surface area contributed by atoms with Crippen LogP contribution in [0.2, 0.25) is 0 Å². The molecule has 5 heterocycles. The predicted molar refractivity (Wildman–Crippen MR) is 153 cm³/mol. The Balaban J connectivity index is 1.12. The first-order valence-corrected chi connectivity index (χ1v) is 14.0. The second kappa shape index (κ2) is 10.9. The second-order valence-corrected chi connectivity index (χ2v) is 11.1. The maximum Gasteiger partial charge on any atom is 0.128 e. The Morgan fingerprint density at radius 3 is 2.76 bits per heavy atom. The number of nitriles is 1. The van der Waals surface area contributed by atoms with E-state index in [-0.39, 0.29) is 0 Å². The van der Waals surface area contributed by atoms with E-state index in [1.165, 1.54) is 11.4 Å². The van der Waals surface area contributed by atoms with Gasteiger partial charge in [-0.2, -0.15) is 5.26 Å². The molecule has 3 aliphatic rings. The van der Waals surface area contributed by atoms with E-state index in [4.69, 9.17) is 4.98 Å². The van der Waals surface area contributed by atoms with Crippen LogP contribution in [0.5, 0.6) is 0 Å². The molecule has 2 aromatic heterocycles. The minimum absolute atomic E-state index is 0.483. The number of nitrogens with one attached hydrogen (secondary N) is 1. The van der Waals surface area contributed by atoms with Crippen LogP contribution < -0.4 is 15.1 Å². The number of hydrogen-bond acceptors (Lipinski definition) is 8. The quantitative estimate of drug-likeness (QED) is 0.562. The average molecular weight is 511 g/mol. The Hall–Kier alpha value is -3.25. The molecule has 3 aliphatic heterocycles.